The number of halogens is 3. The summed E-state index contributed by atoms with van der Waals surface area (Å²) in [5, 5.41) is 4.90. The van der Waals surface area contributed by atoms with Crippen molar-refractivity contribution in [1.29, 1.82) is 0 Å². The Morgan fingerprint density at radius 1 is 1.50 bits per heavy atom. The van der Waals surface area contributed by atoms with Gasteiger partial charge >= 0.3 is 6.18 Å². The van der Waals surface area contributed by atoms with E-state index >= 15 is 0 Å². The minimum atomic E-state index is -4.53. The van der Waals surface area contributed by atoms with Crippen LogP contribution in [0.2, 0.25) is 0 Å². The molecule has 1 amide bonds. The van der Waals surface area contributed by atoms with Crippen molar-refractivity contribution in [3.05, 3.63) is 0 Å². The summed E-state index contributed by atoms with van der Waals surface area (Å²) in [5.74, 6) is -0.965. The van der Waals surface area contributed by atoms with E-state index in [2.05, 4.69) is 10.6 Å². The summed E-state index contributed by atoms with van der Waals surface area (Å²) in [6.45, 7) is 3.79. The van der Waals surface area contributed by atoms with Crippen LogP contribution in [0.15, 0.2) is 0 Å². The SMILES string of the molecule is CC(C)OCCNC(=O)C1(C(F)(F)F)CCNC1. The molecule has 18 heavy (non-hydrogen) atoms. The zero-order chi connectivity index (χ0) is 13.8. The van der Waals surface area contributed by atoms with Crippen LogP contribution < -0.4 is 10.6 Å². The van der Waals surface area contributed by atoms with Gasteiger partial charge in [-0.25, -0.2) is 0 Å². The molecule has 4 nitrogen and oxygen atoms in total. The first-order chi connectivity index (χ1) is 8.29. The van der Waals surface area contributed by atoms with Gasteiger partial charge in [0.2, 0.25) is 5.91 Å². The number of carbonyl (C=O) groups is 1. The average Bonchev–Trinajstić information content (AvgIpc) is 2.73. The van der Waals surface area contributed by atoms with Crippen LogP contribution in [-0.4, -0.2) is 44.4 Å². The number of amides is 1. The van der Waals surface area contributed by atoms with E-state index in [0.29, 0.717) is 0 Å². The number of alkyl halides is 3. The van der Waals surface area contributed by atoms with E-state index in [1.165, 1.54) is 0 Å². The monoisotopic (exact) mass is 268 g/mol. The van der Waals surface area contributed by atoms with Crippen molar-refractivity contribution in [2.24, 2.45) is 5.41 Å². The van der Waals surface area contributed by atoms with Gasteiger partial charge in [-0.05, 0) is 26.8 Å². The van der Waals surface area contributed by atoms with E-state index in [1.54, 1.807) is 0 Å². The van der Waals surface area contributed by atoms with Crippen LogP contribution in [0.3, 0.4) is 0 Å². The highest BCUT2D eigenvalue weighted by atomic mass is 19.4. The Morgan fingerprint density at radius 3 is 2.61 bits per heavy atom. The minimum absolute atomic E-state index is 0.00775. The van der Waals surface area contributed by atoms with Gasteiger partial charge in [-0.1, -0.05) is 0 Å². The second-order valence-corrected chi connectivity index (χ2v) is 4.68. The topological polar surface area (TPSA) is 50.4 Å². The normalized spacial score (nSPS) is 24.6. The van der Waals surface area contributed by atoms with Gasteiger partial charge < -0.3 is 15.4 Å². The van der Waals surface area contributed by atoms with Gasteiger partial charge in [0.15, 0.2) is 5.41 Å². The maximum Gasteiger partial charge on any atom is 0.404 e. The van der Waals surface area contributed by atoms with Gasteiger partial charge in [0.05, 0.1) is 12.7 Å². The lowest BCUT2D eigenvalue weighted by Gasteiger charge is -2.29. The highest BCUT2D eigenvalue weighted by Crippen LogP contribution is 2.43. The van der Waals surface area contributed by atoms with Gasteiger partial charge in [0, 0.05) is 13.1 Å². The number of rotatable bonds is 5. The van der Waals surface area contributed by atoms with Crippen LogP contribution in [-0.2, 0) is 9.53 Å². The van der Waals surface area contributed by atoms with E-state index < -0.39 is 17.5 Å². The van der Waals surface area contributed by atoms with Crippen molar-refractivity contribution >= 4 is 5.91 Å². The molecule has 0 aromatic rings. The second kappa shape index (κ2) is 5.88. The fourth-order valence-electron chi connectivity index (χ4n) is 1.88. The zero-order valence-corrected chi connectivity index (χ0v) is 10.6. The molecule has 0 aromatic heterocycles. The number of carbonyl (C=O) groups excluding carboxylic acids is 1. The van der Waals surface area contributed by atoms with Crippen LogP contribution in [0.25, 0.3) is 0 Å². The van der Waals surface area contributed by atoms with Crippen molar-refractivity contribution in [1.82, 2.24) is 10.6 Å². The molecule has 1 atom stereocenters. The number of hydrogen-bond acceptors (Lipinski definition) is 3. The maximum absolute atomic E-state index is 13.0. The predicted octanol–water partition coefficient (Wildman–Crippen LogP) is 1.07. The molecule has 0 aromatic carbocycles. The molecule has 1 saturated heterocycles. The number of hydrogen-bond donors (Lipinski definition) is 2. The molecular formula is C11H19F3N2O2. The maximum atomic E-state index is 13.0. The smallest absolute Gasteiger partial charge is 0.377 e. The molecule has 0 aliphatic carbocycles. The number of nitrogens with one attached hydrogen (secondary N) is 2. The summed E-state index contributed by atoms with van der Waals surface area (Å²) in [6, 6.07) is 0. The van der Waals surface area contributed by atoms with Crippen molar-refractivity contribution < 1.29 is 22.7 Å². The largest absolute Gasteiger partial charge is 0.404 e. The van der Waals surface area contributed by atoms with Crippen molar-refractivity contribution in [3.63, 3.8) is 0 Å². The van der Waals surface area contributed by atoms with Gasteiger partial charge in [0.1, 0.15) is 0 Å². The molecule has 0 radical (unpaired) electrons. The summed E-state index contributed by atoms with van der Waals surface area (Å²) in [4.78, 5) is 11.7. The third kappa shape index (κ3) is 3.35. The fourth-order valence-corrected chi connectivity index (χ4v) is 1.88. The van der Waals surface area contributed by atoms with E-state index in [0.717, 1.165) is 0 Å². The molecule has 1 rings (SSSR count). The molecule has 0 saturated carbocycles. The minimum Gasteiger partial charge on any atom is -0.377 e. The lowest BCUT2D eigenvalue weighted by molar-refractivity contribution is -0.216. The third-order valence-corrected chi connectivity index (χ3v) is 2.97. The summed E-state index contributed by atoms with van der Waals surface area (Å²) in [6.07, 6.45) is -4.75. The Bertz CT molecular complexity index is 287. The first-order valence-electron chi connectivity index (χ1n) is 5.97. The van der Waals surface area contributed by atoms with Crippen LogP contribution in [0, 0.1) is 5.41 Å². The molecular weight excluding hydrogens is 249 g/mol. The Labute approximate surface area is 104 Å². The van der Waals surface area contributed by atoms with Crippen LogP contribution >= 0.6 is 0 Å². The quantitative estimate of drug-likeness (QED) is 0.733. The summed E-state index contributed by atoms with van der Waals surface area (Å²) in [5.41, 5.74) is -2.29. The van der Waals surface area contributed by atoms with E-state index in [9.17, 15) is 18.0 Å². The van der Waals surface area contributed by atoms with E-state index in [4.69, 9.17) is 4.74 Å². The van der Waals surface area contributed by atoms with Crippen molar-refractivity contribution in [3.8, 4) is 0 Å². The lowest BCUT2D eigenvalue weighted by atomic mass is 9.85. The molecule has 1 aliphatic heterocycles. The van der Waals surface area contributed by atoms with Gasteiger partial charge in [-0.2, -0.15) is 13.2 Å². The van der Waals surface area contributed by atoms with Crippen LogP contribution in [0.4, 0.5) is 13.2 Å². The number of ether oxygens (including phenoxy) is 1. The Kier molecular flexibility index (Phi) is 4.98. The first-order valence-corrected chi connectivity index (χ1v) is 5.97. The molecule has 106 valence electrons. The fraction of sp³-hybridized carbons (Fsp3) is 0.909. The molecule has 1 fully saturated rings. The highest BCUT2D eigenvalue weighted by molar-refractivity contribution is 5.84. The molecule has 0 spiro atoms. The Morgan fingerprint density at radius 2 is 2.17 bits per heavy atom. The zero-order valence-electron chi connectivity index (χ0n) is 10.6. The van der Waals surface area contributed by atoms with E-state index in [1.807, 2.05) is 13.8 Å². The van der Waals surface area contributed by atoms with Crippen molar-refractivity contribution in [2.75, 3.05) is 26.2 Å². The summed E-state index contributed by atoms with van der Waals surface area (Å²) in [7, 11) is 0. The van der Waals surface area contributed by atoms with Crippen molar-refractivity contribution in [2.45, 2.75) is 32.5 Å². The summed E-state index contributed by atoms with van der Waals surface area (Å²) >= 11 is 0. The van der Waals surface area contributed by atoms with E-state index in [-0.39, 0.29) is 38.8 Å². The molecule has 7 heteroatoms. The van der Waals surface area contributed by atoms with Gasteiger partial charge in [-0.3, -0.25) is 4.79 Å². The Balaban J connectivity index is 2.52. The van der Waals surface area contributed by atoms with Gasteiger partial charge in [0.25, 0.3) is 0 Å². The molecule has 1 heterocycles. The van der Waals surface area contributed by atoms with Gasteiger partial charge in [-0.15, -0.1) is 0 Å². The third-order valence-electron chi connectivity index (χ3n) is 2.97. The predicted molar refractivity (Wildman–Crippen MR) is 60.1 cm³/mol. The molecule has 1 aliphatic rings. The first kappa shape index (κ1) is 15.2. The molecule has 2 N–H and O–H groups in total. The average molecular weight is 268 g/mol. The van der Waals surface area contributed by atoms with Crippen LogP contribution in [0.5, 0.6) is 0 Å². The lowest BCUT2D eigenvalue weighted by Crippen LogP contribution is -2.52. The second-order valence-electron chi connectivity index (χ2n) is 4.68. The summed E-state index contributed by atoms with van der Waals surface area (Å²) < 4.78 is 44.1. The highest BCUT2D eigenvalue weighted by Gasteiger charge is 2.61. The Hall–Kier alpha value is -0.820. The molecule has 1 unspecified atom stereocenters. The molecule has 0 bridgehead atoms. The van der Waals surface area contributed by atoms with Crippen LogP contribution in [0.1, 0.15) is 20.3 Å². The standard InChI is InChI=1S/C11H19F3N2O2/c1-8(2)18-6-5-16-9(17)10(11(12,13)14)3-4-15-7-10/h8,15H,3-7H2,1-2H3,(H,16,17).